The van der Waals surface area contributed by atoms with Crippen LogP contribution in [0.25, 0.3) is 79.0 Å². The predicted molar refractivity (Wildman–Crippen MR) is 232 cm³/mol. The van der Waals surface area contributed by atoms with Gasteiger partial charge >= 0.3 is 0 Å². The van der Waals surface area contributed by atoms with E-state index in [0.717, 1.165) is 50.0 Å². The maximum Gasteiger partial charge on any atom is 0.227 e. The van der Waals surface area contributed by atoms with Crippen molar-refractivity contribution in [3.05, 3.63) is 229 Å². The van der Waals surface area contributed by atoms with Gasteiger partial charge in [-0.25, -0.2) is 19.9 Å². The molecule has 0 bridgehead atoms. The van der Waals surface area contributed by atoms with E-state index in [2.05, 4.69) is 140 Å². The first-order valence-electron chi connectivity index (χ1n) is 19.5. The van der Waals surface area contributed by atoms with Gasteiger partial charge in [-0.2, -0.15) is 0 Å². The predicted octanol–water partition coefficient (Wildman–Crippen LogP) is 12.7. The summed E-state index contributed by atoms with van der Waals surface area (Å²) in [6.07, 6.45) is 0. The summed E-state index contributed by atoms with van der Waals surface area (Å²) in [7, 11) is 0. The van der Waals surface area contributed by atoms with Crippen LogP contribution in [0.4, 0.5) is 0 Å². The Morgan fingerprint density at radius 3 is 1.31 bits per heavy atom. The lowest BCUT2D eigenvalue weighted by molar-refractivity contribution is 0.618. The first-order chi connectivity index (χ1) is 28.7. The third kappa shape index (κ3) is 5.55. The Kier molecular flexibility index (Phi) is 7.97. The molecule has 10 aromatic rings. The maximum absolute atomic E-state index is 6.48. The van der Waals surface area contributed by atoms with Gasteiger partial charge in [-0.1, -0.05) is 182 Å². The van der Waals surface area contributed by atoms with Gasteiger partial charge in [-0.15, -0.1) is 0 Å². The molecule has 0 saturated heterocycles. The van der Waals surface area contributed by atoms with Crippen molar-refractivity contribution in [1.82, 2.24) is 19.9 Å². The highest BCUT2D eigenvalue weighted by atomic mass is 16.3. The zero-order chi connectivity index (χ0) is 38.5. The molecule has 0 saturated carbocycles. The highest BCUT2D eigenvalue weighted by Gasteiger charge is 2.46. The summed E-state index contributed by atoms with van der Waals surface area (Å²) in [5.41, 5.74) is 14.1. The Morgan fingerprint density at radius 1 is 0.328 bits per heavy atom. The Labute approximate surface area is 336 Å². The molecule has 5 heteroatoms. The van der Waals surface area contributed by atoms with Gasteiger partial charge in [0.15, 0.2) is 23.1 Å². The van der Waals surface area contributed by atoms with Crippen LogP contribution in [0.15, 0.2) is 211 Å². The van der Waals surface area contributed by atoms with Gasteiger partial charge < -0.3 is 4.42 Å². The van der Waals surface area contributed by atoms with E-state index < -0.39 is 5.41 Å². The van der Waals surface area contributed by atoms with Crippen LogP contribution in [0, 0.1) is 0 Å². The van der Waals surface area contributed by atoms with Crippen LogP contribution in [0.1, 0.15) is 22.3 Å². The lowest BCUT2D eigenvalue weighted by Crippen LogP contribution is -2.28. The largest absolute Gasteiger partial charge is 0.436 e. The fraction of sp³-hybridized carbons (Fsp3) is 0.0189. The number of rotatable bonds is 7. The van der Waals surface area contributed by atoms with Crippen molar-refractivity contribution in [3.8, 4) is 67.9 Å². The normalized spacial score (nSPS) is 12.6. The van der Waals surface area contributed by atoms with Gasteiger partial charge in [-0.3, -0.25) is 0 Å². The summed E-state index contributed by atoms with van der Waals surface area (Å²) in [5.74, 6) is 2.47. The summed E-state index contributed by atoms with van der Waals surface area (Å²) in [4.78, 5) is 20.0. The van der Waals surface area contributed by atoms with E-state index in [0.29, 0.717) is 23.4 Å². The third-order valence-electron chi connectivity index (χ3n) is 11.3. The first-order valence-corrected chi connectivity index (χ1v) is 19.5. The van der Waals surface area contributed by atoms with Gasteiger partial charge in [0.1, 0.15) is 5.52 Å². The summed E-state index contributed by atoms with van der Waals surface area (Å²) >= 11 is 0. The number of hydrogen-bond acceptors (Lipinski definition) is 5. The van der Waals surface area contributed by atoms with E-state index in [1.807, 2.05) is 66.7 Å². The number of fused-ring (bicyclic) bond motifs is 4. The van der Waals surface area contributed by atoms with Gasteiger partial charge in [-0.05, 0) is 68.8 Å². The van der Waals surface area contributed by atoms with E-state index >= 15 is 0 Å². The molecule has 0 unspecified atom stereocenters. The van der Waals surface area contributed by atoms with Crippen LogP contribution in [-0.4, -0.2) is 19.9 Å². The van der Waals surface area contributed by atoms with Crippen LogP contribution >= 0.6 is 0 Å². The number of aromatic nitrogens is 4. The van der Waals surface area contributed by atoms with Gasteiger partial charge in [0.2, 0.25) is 5.89 Å². The van der Waals surface area contributed by atoms with Crippen molar-refractivity contribution in [3.63, 3.8) is 0 Å². The molecule has 1 aliphatic rings. The Hall–Kier alpha value is -7.76. The van der Waals surface area contributed by atoms with Crippen molar-refractivity contribution in [2.24, 2.45) is 0 Å². The van der Waals surface area contributed by atoms with E-state index in [1.165, 1.54) is 27.8 Å². The lowest BCUT2D eigenvalue weighted by atomic mass is 9.67. The molecule has 2 aromatic heterocycles. The number of oxazole rings is 1. The van der Waals surface area contributed by atoms with E-state index in [1.54, 1.807) is 0 Å². The Morgan fingerprint density at radius 2 is 0.741 bits per heavy atom. The van der Waals surface area contributed by atoms with Gasteiger partial charge in [0, 0.05) is 22.3 Å². The molecular weight excluding hydrogens is 709 g/mol. The van der Waals surface area contributed by atoms with E-state index in [-0.39, 0.29) is 0 Å². The molecule has 0 spiro atoms. The average Bonchev–Trinajstić information content (AvgIpc) is 3.88. The van der Waals surface area contributed by atoms with Crippen molar-refractivity contribution < 1.29 is 4.42 Å². The minimum Gasteiger partial charge on any atom is -0.436 e. The second kappa shape index (κ2) is 13.8. The summed E-state index contributed by atoms with van der Waals surface area (Å²) in [5, 5.41) is 0. The molecule has 11 rings (SSSR count). The molecule has 0 amide bonds. The second-order valence-electron chi connectivity index (χ2n) is 14.6. The molecule has 58 heavy (non-hydrogen) atoms. The van der Waals surface area contributed by atoms with Crippen LogP contribution in [0.3, 0.4) is 0 Å². The maximum atomic E-state index is 6.48. The molecule has 5 nitrogen and oxygen atoms in total. The highest BCUT2D eigenvalue weighted by molar-refractivity contribution is 5.88. The molecule has 0 aliphatic heterocycles. The monoisotopic (exact) mass is 742 g/mol. The summed E-state index contributed by atoms with van der Waals surface area (Å²) < 4.78 is 6.48. The SMILES string of the molecule is c1ccc(-c2ccc(-c3nc(-c4ccccc4)nc(-c4ccc(C5(c6ccc7nc(-c8ccccc8)oc7c6)c6ccccc6-c6ccccc65)cc4)n3)cc2)cc1. The zero-order valence-corrected chi connectivity index (χ0v) is 31.3. The van der Waals surface area contributed by atoms with Crippen LogP contribution < -0.4 is 0 Å². The third-order valence-corrected chi connectivity index (χ3v) is 11.3. The Bertz CT molecular complexity index is 3040. The summed E-state index contributed by atoms with van der Waals surface area (Å²) in [6, 6.07) is 71.7. The van der Waals surface area contributed by atoms with E-state index in [9.17, 15) is 0 Å². The zero-order valence-electron chi connectivity index (χ0n) is 31.3. The smallest absolute Gasteiger partial charge is 0.227 e. The molecule has 8 aromatic carbocycles. The van der Waals surface area contributed by atoms with Crippen molar-refractivity contribution in [1.29, 1.82) is 0 Å². The van der Waals surface area contributed by atoms with Gasteiger partial charge in [0.25, 0.3) is 0 Å². The number of hydrogen-bond donors (Lipinski definition) is 0. The van der Waals surface area contributed by atoms with Crippen molar-refractivity contribution in [2.75, 3.05) is 0 Å². The Balaban J connectivity index is 1.06. The van der Waals surface area contributed by atoms with Crippen molar-refractivity contribution >= 4 is 11.1 Å². The average molecular weight is 743 g/mol. The van der Waals surface area contributed by atoms with E-state index in [4.69, 9.17) is 24.4 Å². The molecule has 0 fully saturated rings. The second-order valence-corrected chi connectivity index (χ2v) is 14.6. The molecule has 0 radical (unpaired) electrons. The number of nitrogens with zero attached hydrogens (tertiary/aromatic N) is 4. The van der Waals surface area contributed by atoms with Crippen LogP contribution in [0.5, 0.6) is 0 Å². The fourth-order valence-corrected chi connectivity index (χ4v) is 8.55. The molecule has 2 heterocycles. The van der Waals surface area contributed by atoms with Crippen molar-refractivity contribution in [2.45, 2.75) is 5.41 Å². The molecule has 0 atom stereocenters. The summed E-state index contributed by atoms with van der Waals surface area (Å²) in [6.45, 7) is 0. The first kappa shape index (κ1) is 33.6. The molecule has 0 N–H and O–H groups in total. The fourth-order valence-electron chi connectivity index (χ4n) is 8.55. The molecule has 1 aliphatic carbocycles. The topological polar surface area (TPSA) is 64.7 Å². The molecule has 272 valence electrons. The standard InChI is InChI=1S/C53H34N4O/c1-4-14-35(15-5-1)36-24-26-38(27-25-36)50-55-49(37-16-6-2-7-17-37)56-51(57-50)39-28-30-41(31-29-39)53(45-22-12-10-20-43(45)44-21-11-13-23-46(44)53)42-32-33-47-48(34-42)58-52(54-47)40-18-8-3-9-19-40/h1-34H. The van der Waals surface area contributed by atoms with Gasteiger partial charge in [0.05, 0.1) is 5.41 Å². The van der Waals surface area contributed by atoms with Crippen LogP contribution in [0.2, 0.25) is 0 Å². The number of benzene rings is 8. The quantitative estimate of drug-likeness (QED) is 0.163. The van der Waals surface area contributed by atoms with Crippen LogP contribution in [-0.2, 0) is 5.41 Å². The molecular formula is C53H34N4O. The minimum atomic E-state index is -0.625. The highest BCUT2D eigenvalue weighted by Crippen LogP contribution is 2.56. The minimum absolute atomic E-state index is 0.608. The lowest BCUT2D eigenvalue weighted by Gasteiger charge is -2.33.